The number of hydrogen-bond donors (Lipinski definition) is 5. The summed E-state index contributed by atoms with van der Waals surface area (Å²) in [5.74, 6) is -1.65. The molecule has 5 N–H and O–H groups in total. The zero-order valence-electron chi connectivity index (χ0n) is 22.9. The molecule has 0 spiro atoms. The maximum absolute atomic E-state index is 13.6. The Hall–Kier alpha value is -4.22. The van der Waals surface area contributed by atoms with Crippen molar-refractivity contribution in [2.75, 3.05) is 7.11 Å². The highest BCUT2D eigenvalue weighted by molar-refractivity contribution is 5.94. The maximum atomic E-state index is 13.6. The van der Waals surface area contributed by atoms with Crippen LogP contribution in [-0.2, 0) is 35.2 Å². The van der Waals surface area contributed by atoms with Crippen LogP contribution in [0.2, 0.25) is 0 Å². The molecule has 1 aromatic heterocycles. The van der Waals surface area contributed by atoms with Gasteiger partial charge in [-0.15, -0.1) is 0 Å². The van der Waals surface area contributed by atoms with Gasteiger partial charge in [0.05, 0.1) is 18.2 Å². The van der Waals surface area contributed by atoms with E-state index in [1.807, 2.05) is 6.92 Å². The third kappa shape index (κ3) is 6.26. The molecular formula is C29H33F3N4O5. The van der Waals surface area contributed by atoms with Crippen LogP contribution in [0.3, 0.4) is 0 Å². The summed E-state index contributed by atoms with van der Waals surface area (Å²) in [6.45, 7) is 3.79. The molecule has 0 radical (unpaired) electrons. The summed E-state index contributed by atoms with van der Waals surface area (Å²) in [4.78, 5) is 41.7. The minimum absolute atomic E-state index is 0.0356. The number of carbonyl (C=O) groups excluding carboxylic acids is 2. The lowest BCUT2D eigenvalue weighted by atomic mass is 9.79. The van der Waals surface area contributed by atoms with Crippen LogP contribution in [-0.4, -0.2) is 46.7 Å². The lowest BCUT2D eigenvalue weighted by Crippen LogP contribution is -2.63. The van der Waals surface area contributed by atoms with Gasteiger partial charge >= 0.3 is 18.2 Å². The number of halogens is 3. The molecule has 0 bridgehead atoms. The van der Waals surface area contributed by atoms with E-state index in [0.29, 0.717) is 23.4 Å². The van der Waals surface area contributed by atoms with Crippen molar-refractivity contribution < 1.29 is 37.4 Å². The van der Waals surface area contributed by atoms with Gasteiger partial charge in [0.2, 0.25) is 5.91 Å². The van der Waals surface area contributed by atoms with E-state index in [9.17, 15) is 32.7 Å². The number of fused-ring (bicyclic) bond motifs is 3. The van der Waals surface area contributed by atoms with Crippen LogP contribution < -0.4 is 20.7 Å². The molecule has 0 aliphatic heterocycles. The van der Waals surface area contributed by atoms with Gasteiger partial charge in [0.25, 0.3) is 0 Å². The molecule has 1 aliphatic carbocycles. The number of aryl methyl sites for hydroxylation is 1. The summed E-state index contributed by atoms with van der Waals surface area (Å²) in [7, 11) is 1.55. The van der Waals surface area contributed by atoms with E-state index < -0.39 is 41.2 Å². The number of rotatable bonds is 9. The molecule has 3 aromatic rings. The lowest BCUT2D eigenvalue weighted by molar-refractivity contribution is -0.148. The van der Waals surface area contributed by atoms with Crippen LogP contribution in [0.25, 0.3) is 10.9 Å². The van der Waals surface area contributed by atoms with Gasteiger partial charge in [0.15, 0.2) is 0 Å². The van der Waals surface area contributed by atoms with Crippen molar-refractivity contribution >= 4 is 28.8 Å². The van der Waals surface area contributed by atoms with Gasteiger partial charge in [0.1, 0.15) is 17.3 Å². The molecule has 9 nitrogen and oxygen atoms in total. The van der Waals surface area contributed by atoms with Crippen molar-refractivity contribution in [1.29, 1.82) is 0 Å². The molecule has 1 aliphatic rings. The minimum atomic E-state index is -4.59. The Morgan fingerprint density at radius 3 is 2.46 bits per heavy atom. The first kappa shape index (κ1) is 29.8. The number of carbonyl (C=O) groups is 3. The van der Waals surface area contributed by atoms with E-state index in [4.69, 9.17) is 4.74 Å². The van der Waals surface area contributed by atoms with Crippen LogP contribution in [0.5, 0.6) is 5.75 Å². The Morgan fingerprint density at radius 2 is 1.85 bits per heavy atom. The normalized spacial score (nSPS) is 18.2. The molecule has 1 heterocycles. The number of aliphatic carboxylic acids is 1. The minimum Gasteiger partial charge on any atom is -0.497 e. The van der Waals surface area contributed by atoms with Crippen LogP contribution in [0.15, 0.2) is 42.5 Å². The zero-order valence-corrected chi connectivity index (χ0v) is 22.9. The average molecular weight is 575 g/mol. The molecule has 220 valence electrons. The molecule has 4 rings (SSSR count). The number of amides is 3. The van der Waals surface area contributed by atoms with E-state index in [0.717, 1.165) is 11.6 Å². The number of methoxy groups -OCH3 is 1. The fourth-order valence-corrected chi connectivity index (χ4v) is 5.18. The summed E-state index contributed by atoms with van der Waals surface area (Å²) in [5.41, 5.74) is -0.968. The zero-order chi connectivity index (χ0) is 29.9. The fourth-order valence-electron chi connectivity index (χ4n) is 5.18. The first-order valence-electron chi connectivity index (χ1n) is 13.3. The van der Waals surface area contributed by atoms with Crippen molar-refractivity contribution in [2.45, 2.75) is 63.8 Å². The maximum Gasteiger partial charge on any atom is 0.418 e. The number of H-pyrrole nitrogens is 1. The number of ether oxygens (including phenoxy) is 1. The number of benzene rings is 2. The molecule has 41 heavy (non-hydrogen) atoms. The van der Waals surface area contributed by atoms with Crippen LogP contribution >= 0.6 is 0 Å². The third-order valence-electron chi connectivity index (χ3n) is 7.78. The Labute approximate surface area is 234 Å². The molecule has 0 fully saturated rings. The summed E-state index contributed by atoms with van der Waals surface area (Å²) >= 11 is 0. The summed E-state index contributed by atoms with van der Waals surface area (Å²) in [6.07, 6.45) is -4.19. The number of aromatic amines is 1. The van der Waals surface area contributed by atoms with Crippen molar-refractivity contribution in [3.63, 3.8) is 0 Å². The van der Waals surface area contributed by atoms with Gasteiger partial charge in [-0.2, -0.15) is 13.2 Å². The highest BCUT2D eigenvalue weighted by Gasteiger charge is 2.46. The molecule has 0 saturated heterocycles. The van der Waals surface area contributed by atoms with Crippen molar-refractivity contribution in [1.82, 2.24) is 20.9 Å². The Bertz CT molecular complexity index is 1440. The predicted octanol–water partition coefficient (Wildman–Crippen LogP) is 4.54. The third-order valence-corrected chi connectivity index (χ3v) is 7.78. The quantitative estimate of drug-likeness (QED) is 0.256. The van der Waals surface area contributed by atoms with Crippen molar-refractivity contribution in [3.05, 3.63) is 64.8 Å². The molecule has 3 atom stereocenters. The molecule has 3 amide bonds. The average Bonchev–Trinajstić information content (AvgIpc) is 3.31. The second kappa shape index (κ2) is 11.7. The van der Waals surface area contributed by atoms with Gasteiger partial charge < -0.3 is 30.8 Å². The molecule has 12 heteroatoms. The highest BCUT2D eigenvalue weighted by atomic mass is 19.4. The summed E-state index contributed by atoms with van der Waals surface area (Å²) in [6, 6.07) is 9.19. The first-order valence-corrected chi connectivity index (χ1v) is 13.3. The van der Waals surface area contributed by atoms with Gasteiger partial charge in [-0.25, -0.2) is 9.59 Å². The molecule has 2 aromatic carbocycles. The largest absolute Gasteiger partial charge is 0.497 e. The molecule has 0 saturated carbocycles. The Morgan fingerprint density at radius 1 is 1.15 bits per heavy atom. The first-order chi connectivity index (χ1) is 19.4. The standard InChI is InChI=1S/C29H33F3N4O5/c1-4-16(2)23(35-27(40)33-15-17-8-10-18(41-3)11-9-17)25(37)36-28(26(38)39)13-12-22-20(14-28)19-6-5-7-21(24(19)34-22)29(30,31)32/h5-11,16,23,34H,4,12-15H2,1-3H3,(H,36,37)(H,38,39)(H2,33,35,40)/t16?,23-,28+/m0/s1. The number of urea groups is 1. The summed E-state index contributed by atoms with van der Waals surface area (Å²) in [5, 5.41) is 18.5. The Balaban J connectivity index is 1.53. The van der Waals surface area contributed by atoms with E-state index in [1.54, 1.807) is 38.3 Å². The van der Waals surface area contributed by atoms with E-state index >= 15 is 0 Å². The predicted molar refractivity (Wildman–Crippen MR) is 145 cm³/mol. The second-order valence-electron chi connectivity index (χ2n) is 10.4. The van der Waals surface area contributed by atoms with Gasteiger partial charge in [-0.05, 0) is 48.1 Å². The van der Waals surface area contributed by atoms with Gasteiger partial charge in [0, 0.05) is 24.0 Å². The van der Waals surface area contributed by atoms with Gasteiger partial charge in [-0.3, -0.25) is 4.79 Å². The number of hydrogen-bond acceptors (Lipinski definition) is 4. The summed E-state index contributed by atoms with van der Waals surface area (Å²) < 4.78 is 45.9. The molecular weight excluding hydrogens is 541 g/mol. The number of carboxylic acids is 1. The smallest absolute Gasteiger partial charge is 0.418 e. The van der Waals surface area contributed by atoms with E-state index in [1.165, 1.54) is 12.1 Å². The van der Waals surface area contributed by atoms with Crippen molar-refractivity contribution in [2.24, 2.45) is 5.92 Å². The topological polar surface area (TPSA) is 133 Å². The number of para-hydroxylation sites is 1. The second-order valence-corrected chi connectivity index (χ2v) is 10.4. The number of nitrogens with one attached hydrogen (secondary N) is 4. The number of aromatic nitrogens is 1. The lowest BCUT2D eigenvalue weighted by Gasteiger charge is -2.36. The monoisotopic (exact) mass is 574 g/mol. The molecule has 1 unspecified atom stereocenters. The van der Waals surface area contributed by atoms with Crippen LogP contribution in [0.1, 0.15) is 49.1 Å². The van der Waals surface area contributed by atoms with Crippen LogP contribution in [0.4, 0.5) is 18.0 Å². The number of carboxylic acid groups (broad SMARTS) is 1. The van der Waals surface area contributed by atoms with Crippen LogP contribution in [0, 0.1) is 5.92 Å². The SMILES string of the molecule is CCC(C)[C@H](NC(=O)NCc1ccc(OC)cc1)C(=O)N[C@]1(C(=O)O)CCc2[nH]c3c(C(F)(F)F)cccc3c2C1. The van der Waals surface area contributed by atoms with E-state index in [2.05, 4.69) is 20.9 Å². The van der Waals surface area contributed by atoms with Gasteiger partial charge in [-0.1, -0.05) is 44.5 Å². The fraction of sp³-hybridized carbons (Fsp3) is 0.414. The van der Waals surface area contributed by atoms with E-state index in [-0.39, 0.29) is 42.6 Å². The highest BCUT2D eigenvalue weighted by Crippen LogP contribution is 2.40. The Kier molecular flexibility index (Phi) is 8.50. The number of alkyl halides is 3. The van der Waals surface area contributed by atoms with Crippen molar-refractivity contribution in [3.8, 4) is 5.75 Å².